The monoisotopic (exact) mass is 494 g/mol. The third-order valence-corrected chi connectivity index (χ3v) is 7.09. The minimum absolute atomic E-state index is 0.0168. The molecule has 36 heavy (non-hydrogen) atoms. The lowest BCUT2D eigenvalue weighted by Crippen LogP contribution is -2.36. The minimum atomic E-state index is -0.901. The van der Waals surface area contributed by atoms with Crippen LogP contribution >= 0.6 is 0 Å². The molecule has 8 heteroatoms. The number of aromatic nitrogens is 1. The van der Waals surface area contributed by atoms with Crippen molar-refractivity contribution in [3.8, 4) is 17.2 Å². The number of aliphatic hydroxyl groups excluding tert-OH is 1. The van der Waals surface area contributed by atoms with Gasteiger partial charge in [-0.3, -0.25) is 9.88 Å². The molecule has 2 N–H and O–H groups in total. The number of benzene rings is 2. The highest BCUT2D eigenvalue weighted by atomic mass is 19.1. The lowest BCUT2D eigenvalue weighted by molar-refractivity contribution is 0.0174. The number of halogens is 1. The van der Waals surface area contributed by atoms with Crippen LogP contribution in [0.15, 0.2) is 66.9 Å². The Labute approximate surface area is 210 Å². The third-order valence-electron chi connectivity index (χ3n) is 7.09. The van der Waals surface area contributed by atoms with E-state index in [1.165, 1.54) is 6.07 Å². The molecule has 2 aliphatic rings. The largest absolute Gasteiger partial charge is 0.497 e. The maximum Gasteiger partial charge on any atom is 0.165 e. The van der Waals surface area contributed by atoms with Crippen LogP contribution in [0.4, 0.5) is 4.39 Å². The van der Waals surface area contributed by atoms with Crippen LogP contribution in [0.2, 0.25) is 0 Å². The molecular formula is C28H31FN2O5. The van der Waals surface area contributed by atoms with Crippen molar-refractivity contribution in [2.45, 2.75) is 37.3 Å². The van der Waals surface area contributed by atoms with Gasteiger partial charge in [0.05, 0.1) is 24.6 Å². The number of nitrogens with zero attached hydrogens (tertiary/aromatic N) is 2. The molecule has 1 saturated carbocycles. The smallest absolute Gasteiger partial charge is 0.165 e. The first kappa shape index (κ1) is 24.5. The molecular weight excluding hydrogens is 463 g/mol. The van der Waals surface area contributed by atoms with Crippen molar-refractivity contribution < 1.29 is 28.8 Å². The Kier molecular flexibility index (Phi) is 7.09. The number of rotatable bonds is 9. The highest BCUT2D eigenvalue weighted by Crippen LogP contribution is 2.43. The van der Waals surface area contributed by atoms with Crippen LogP contribution in [0.5, 0.6) is 17.2 Å². The summed E-state index contributed by atoms with van der Waals surface area (Å²) in [5.41, 5.74) is 0.665. The standard InChI is InChI=1S/C28H31FN2O5/c1-34-21-8-6-19(7-9-21)17-35-22-10-11-25(30-14-22)26(32)16-31-15-20-12-23(13-28(20,33)18-31)36-27-5-3-2-4-24(27)29/h2-11,14,20,23,26,32-33H,12-13,15-18H2,1H3/t20-,23+,26+,28-/m0/s1. The molecule has 2 heterocycles. The summed E-state index contributed by atoms with van der Waals surface area (Å²) in [4.78, 5) is 6.44. The molecule has 0 amide bonds. The molecule has 1 aliphatic heterocycles. The van der Waals surface area contributed by atoms with E-state index in [0.29, 0.717) is 50.5 Å². The van der Waals surface area contributed by atoms with E-state index in [-0.39, 0.29) is 17.8 Å². The molecule has 0 unspecified atom stereocenters. The van der Waals surface area contributed by atoms with Gasteiger partial charge in [-0.15, -0.1) is 0 Å². The van der Waals surface area contributed by atoms with Gasteiger partial charge < -0.3 is 24.4 Å². The van der Waals surface area contributed by atoms with E-state index in [1.54, 1.807) is 43.6 Å². The normalized spacial score (nSPS) is 24.3. The third kappa shape index (κ3) is 5.46. The zero-order chi connectivity index (χ0) is 25.1. The zero-order valence-corrected chi connectivity index (χ0v) is 20.2. The van der Waals surface area contributed by atoms with Gasteiger partial charge in [0, 0.05) is 32.0 Å². The minimum Gasteiger partial charge on any atom is -0.497 e. The predicted molar refractivity (Wildman–Crippen MR) is 131 cm³/mol. The average Bonchev–Trinajstić information content (AvgIpc) is 3.34. The quantitative estimate of drug-likeness (QED) is 0.469. The van der Waals surface area contributed by atoms with Crippen molar-refractivity contribution in [1.29, 1.82) is 0 Å². The molecule has 3 aromatic rings. The SMILES string of the molecule is COc1ccc(COc2ccc([C@H](O)CN3C[C@@H]4C[C@@H](Oc5ccccc5F)C[C@]4(O)C3)nc2)cc1. The summed E-state index contributed by atoms with van der Waals surface area (Å²) < 4.78 is 30.7. The van der Waals surface area contributed by atoms with Gasteiger partial charge in [-0.05, 0) is 48.4 Å². The molecule has 0 bridgehead atoms. The maximum atomic E-state index is 13.9. The van der Waals surface area contributed by atoms with E-state index < -0.39 is 17.5 Å². The lowest BCUT2D eigenvalue weighted by Gasteiger charge is -2.24. The molecule has 7 nitrogen and oxygen atoms in total. The molecule has 1 aliphatic carbocycles. The summed E-state index contributed by atoms with van der Waals surface area (Å²) >= 11 is 0. The van der Waals surface area contributed by atoms with Gasteiger partial charge >= 0.3 is 0 Å². The van der Waals surface area contributed by atoms with Crippen LogP contribution in [-0.2, 0) is 6.61 Å². The summed E-state index contributed by atoms with van der Waals surface area (Å²) in [6, 6.07) is 17.6. The van der Waals surface area contributed by atoms with Crippen LogP contribution in [0.25, 0.3) is 0 Å². The van der Waals surface area contributed by atoms with Crippen LogP contribution in [-0.4, -0.2) is 58.5 Å². The van der Waals surface area contributed by atoms with Crippen LogP contribution < -0.4 is 14.2 Å². The second kappa shape index (κ2) is 10.4. The fraction of sp³-hybridized carbons (Fsp3) is 0.393. The molecule has 4 atom stereocenters. The van der Waals surface area contributed by atoms with E-state index in [0.717, 1.165) is 11.3 Å². The van der Waals surface area contributed by atoms with Gasteiger partial charge in [0.15, 0.2) is 11.6 Å². The Balaban J connectivity index is 1.10. The van der Waals surface area contributed by atoms with E-state index in [4.69, 9.17) is 14.2 Å². The van der Waals surface area contributed by atoms with Gasteiger partial charge in [-0.2, -0.15) is 0 Å². The van der Waals surface area contributed by atoms with Gasteiger partial charge in [-0.25, -0.2) is 4.39 Å². The highest BCUT2D eigenvalue weighted by molar-refractivity contribution is 5.28. The second-order valence-electron chi connectivity index (χ2n) is 9.68. The zero-order valence-electron chi connectivity index (χ0n) is 20.2. The van der Waals surface area contributed by atoms with Gasteiger partial charge in [-0.1, -0.05) is 24.3 Å². The average molecular weight is 495 g/mol. The van der Waals surface area contributed by atoms with E-state index in [1.807, 2.05) is 24.3 Å². The van der Waals surface area contributed by atoms with Crippen molar-refractivity contribution in [2.24, 2.45) is 5.92 Å². The van der Waals surface area contributed by atoms with E-state index in [9.17, 15) is 14.6 Å². The number of fused-ring (bicyclic) bond motifs is 1. The molecule has 0 radical (unpaired) electrons. The number of pyridine rings is 1. The first-order valence-electron chi connectivity index (χ1n) is 12.2. The molecule has 5 rings (SSSR count). The number of β-amino-alcohol motifs (C(OH)–C–C–N with tert-alkyl or cyclic N) is 2. The Bertz CT molecular complexity index is 1160. The summed E-state index contributed by atoms with van der Waals surface area (Å²) in [7, 11) is 1.63. The summed E-state index contributed by atoms with van der Waals surface area (Å²) in [5, 5.41) is 21.9. The van der Waals surface area contributed by atoms with Crippen LogP contribution in [0, 0.1) is 11.7 Å². The Hall–Kier alpha value is -3.20. The number of likely N-dealkylation sites (tertiary alicyclic amines) is 1. The number of para-hydroxylation sites is 1. The molecule has 1 aromatic heterocycles. The first-order chi connectivity index (χ1) is 17.4. The fourth-order valence-electron chi connectivity index (χ4n) is 5.23. The second-order valence-corrected chi connectivity index (χ2v) is 9.68. The molecule has 1 saturated heterocycles. The van der Waals surface area contributed by atoms with Gasteiger partial charge in [0.1, 0.15) is 30.3 Å². The van der Waals surface area contributed by atoms with Crippen molar-refractivity contribution in [3.63, 3.8) is 0 Å². The Morgan fingerprint density at radius 2 is 1.89 bits per heavy atom. The van der Waals surface area contributed by atoms with Crippen LogP contribution in [0.3, 0.4) is 0 Å². The maximum absolute atomic E-state index is 13.9. The van der Waals surface area contributed by atoms with Crippen molar-refractivity contribution in [1.82, 2.24) is 9.88 Å². The van der Waals surface area contributed by atoms with Crippen LogP contribution in [0.1, 0.15) is 30.2 Å². The Morgan fingerprint density at radius 1 is 1.11 bits per heavy atom. The van der Waals surface area contributed by atoms with E-state index in [2.05, 4.69) is 9.88 Å². The lowest BCUT2D eigenvalue weighted by atomic mass is 9.95. The van der Waals surface area contributed by atoms with Gasteiger partial charge in [0.25, 0.3) is 0 Å². The predicted octanol–water partition coefficient (Wildman–Crippen LogP) is 3.75. The number of hydrogen-bond acceptors (Lipinski definition) is 7. The molecule has 190 valence electrons. The molecule has 2 fully saturated rings. The number of ether oxygens (including phenoxy) is 3. The van der Waals surface area contributed by atoms with E-state index >= 15 is 0 Å². The summed E-state index contributed by atoms with van der Waals surface area (Å²) in [6.07, 6.45) is 1.69. The number of methoxy groups -OCH3 is 1. The van der Waals surface area contributed by atoms with Crippen molar-refractivity contribution in [3.05, 3.63) is 83.9 Å². The van der Waals surface area contributed by atoms with Crippen molar-refractivity contribution in [2.75, 3.05) is 26.7 Å². The first-order valence-corrected chi connectivity index (χ1v) is 12.2. The summed E-state index contributed by atoms with van der Waals surface area (Å²) in [5.74, 6) is 1.26. The molecule has 2 aromatic carbocycles. The number of aliphatic hydroxyl groups is 2. The molecule has 0 spiro atoms. The fourth-order valence-corrected chi connectivity index (χ4v) is 5.23. The topological polar surface area (TPSA) is 84.3 Å². The van der Waals surface area contributed by atoms with Crippen molar-refractivity contribution >= 4 is 0 Å². The van der Waals surface area contributed by atoms with Gasteiger partial charge in [0.2, 0.25) is 0 Å². The highest BCUT2D eigenvalue weighted by Gasteiger charge is 2.53. The Morgan fingerprint density at radius 3 is 2.58 bits per heavy atom. The number of hydrogen-bond donors (Lipinski definition) is 2. The summed E-state index contributed by atoms with van der Waals surface area (Å²) in [6.45, 7) is 1.86.